The van der Waals surface area contributed by atoms with Crippen LogP contribution in [0.2, 0.25) is 0 Å². The van der Waals surface area contributed by atoms with Gasteiger partial charge in [0.1, 0.15) is 5.75 Å². The molecular weight excluding hydrogens is 264 g/mol. The predicted octanol–water partition coefficient (Wildman–Crippen LogP) is 2.58. The van der Waals surface area contributed by atoms with E-state index < -0.39 is 0 Å². The van der Waals surface area contributed by atoms with Crippen LogP contribution in [0.3, 0.4) is 0 Å². The van der Waals surface area contributed by atoms with Crippen LogP contribution in [0.1, 0.15) is 37.1 Å². The first-order valence-electron chi connectivity index (χ1n) is 7.42. The summed E-state index contributed by atoms with van der Waals surface area (Å²) in [7, 11) is 0. The van der Waals surface area contributed by atoms with E-state index in [0.29, 0.717) is 6.61 Å². The highest BCUT2D eigenvalue weighted by atomic mass is 16.5. The van der Waals surface area contributed by atoms with Gasteiger partial charge in [-0.25, -0.2) is 0 Å². The van der Waals surface area contributed by atoms with E-state index in [4.69, 9.17) is 10.6 Å². The van der Waals surface area contributed by atoms with Crippen molar-refractivity contribution in [3.8, 4) is 5.75 Å². The fourth-order valence-electron chi connectivity index (χ4n) is 2.35. The maximum Gasteiger partial charge on any atom is 0.119 e. The minimum absolute atomic E-state index is 0.0452. The lowest BCUT2D eigenvalue weighted by molar-refractivity contribution is 0.282. The molecule has 114 valence electrons. The van der Waals surface area contributed by atoms with Gasteiger partial charge >= 0.3 is 0 Å². The van der Waals surface area contributed by atoms with Crippen molar-refractivity contribution in [3.05, 3.63) is 47.8 Å². The molecule has 21 heavy (non-hydrogen) atoms. The summed E-state index contributed by atoms with van der Waals surface area (Å²) >= 11 is 0. The second kappa shape index (κ2) is 7.81. The van der Waals surface area contributed by atoms with Gasteiger partial charge < -0.3 is 4.74 Å². The number of aromatic nitrogens is 2. The summed E-state index contributed by atoms with van der Waals surface area (Å²) in [6.07, 6.45) is 3.66. The van der Waals surface area contributed by atoms with Crippen molar-refractivity contribution in [1.82, 2.24) is 15.2 Å². The van der Waals surface area contributed by atoms with Crippen LogP contribution >= 0.6 is 0 Å². The number of hydrazine groups is 1. The highest BCUT2D eigenvalue weighted by Gasteiger charge is 2.14. The smallest absolute Gasteiger partial charge is 0.119 e. The van der Waals surface area contributed by atoms with Crippen molar-refractivity contribution < 1.29 is 4.74 Å². The van der Waals surface area contributed by atoms with Crippen LogP contribution in [0.25, 0.3) is 0 Å². The summed E-state index contributed by atoms with van der Waals surface area (Å²) in [6, 6.07) is 10.1. The normalized spacial score (nSPS) is 12.3. The maximum atomic E-state index is 5.79. The van der Waals surface area contributed by atoms with Crippen molar-refractivity contribution in [1.29, 1.82) is 0 Å². The van der Waals surface area contributed by atoms with Crippen LogP contribution in [-0.4, -0.2) is 16.4 Å². The number of nitrogens with zero attached hydrogens (tertiary/aromatic N) is 2. The van der Waals surface area contributed by atoms with Crippen molar-refractivity contribution >= 4 is 0 Å². The Hall–Kier alpha value is -1.85. The Morgan fingerprint density at radius 3 is 2.95 bits per heavy atom. The van der Waals surface area contributed by atoms with E-state index in [1.54, 1.807) is 0 Å². The van der Waals surface area contributed by atoms with Gasteiger partial charge in [0.15, 0.2) is 0 Å². The molecule has 0 aliphatic rings. The van der Waals surface area contributed by atoms with Gasteiger partial charge in [-0.1, -0.05) is 19.1 Å². The topological polar surface area (TPSA) is 65.1 Å². The van der Waals surface area contributed by atoms with Gasteiger partial charge in [0.2, 0.25) is 0 Å². The molecule has 0 spiro atoms. The molecule has 2 rings (SSSR count). The predicted molar refractivity (Wildman–Crippen MR) is 83.9 cm³/mol. The average molecular weight is 288 g/mol. The number of hydrogen-bond acceptors (Lipinski definition) is 4. The quantitative estimate of drug-likeness (QED) is 0.579. The fraction of sp³-hybridized carbons (Fsp3) is 0.438. The lowest BCUT2D eigenvalue weighted by Gasteiger charge is -2.18. The fourth-order valence-corrected chi connectivity index (χ4v) is 2.35. The van der Waals surface area contributed by atoms with E-state index in [0.717, 1.165) is 30.8 Å². The van der Waals surface area contributed by atoms with E-state index >= 15 is 0 Å². The Kier molecular flexibility index (Phi) is 5.78. The zero-order valence-corrected chi connectivity index (χ0v) is 12.7. The van der Waals surface area contributed by atoms with Gasteiger partial charge in [0.05, 0.1) is 18.3 Å². The largest absolute Gasteiger partial charge is 0.494 e. The zero-order valence-electron chi connectivity index (χ0n) is 12.7. The maximum absolute atomic E-state index is 5.79. The molecule has 1 atom stereocenters. The Morgan fingerprint density at radius 2 is 2.24 bits per heavy atom. The standard InChI is InChI=1S/C16H24N4O/c1-3-10-20-16(7-9-18-20)15(19-17)8-11-21-14-6-4-5-13(2)12-14/h4-7,9,12,15,19H,3,8,10-11,17H2,1-2H3. The Balaban J connectivity index is 1.92. The molecule has 0 bridgehead atoms. The van der Waals surface area contributed by atoms with E-state index in [2.05, 4.69) is 30.4 Å². The SMILES string of the molecule is CCCn1nccc1C(CCOc1cccc(C)c1)NN. The molecule has 0 fully saturated rings. The summed E-state index contributed by atoms with van der Waals surface area (Å²) in [5, 5.41) is 4.33. The van der Waals surface area contributed by atoms with E-state index in [9.17, 15) is 0 Å². The Labute approximate surface area is 126 Å². The van der Waals surface area contributed by atoms with E-state index in [1.807, 2.05) is 35.1 Å². The molecule has 1 unspecified atom stereocenters. The van der Waals surface area contributed by atoms with E-state index in [1.165, 1.54) is 5.56 Å². The Morgan fingerprint density at radius 1 is 1.38 bits per heavy atom. The van der Waals surface area contributed by atoms with Gasteiger partial charge in [-0.2, -0.15) is 5.10 Å². The molecule has 2 aromatic rings. The van der Waals surface area contributed by atoms with Crippen LogP contribution in [0.5, 0.6) is 5.75 Å². The van der Waals surface area contributed by atoms with Crippen LogP contribution in [0.15, 0.2) is 36.5 Å². The van der Waals surface area contributed by atoms with Crippen molar-refractivity contribution in [2.45, 2.75) is 39.3 Å². The average Bonchev–Trinajstić information content (AvgIpc) is 2.92. The number of ether oxygens (including phenoxy) is 1. The monoisotopic (exact) mass is 288 g/mol. The number of nitrogens with one attached hydrogen (secondary N) is 1. The number of rotatable bonds is 8. The molecular formula is C16H24N4O. The molecule has 0 aliphatic heterocycles. The molecule has 1 heterocycles. The number of benzene rings is 1. The summed E-state index contributed by atoms with van der Waals surface area (Å²) < 4.78 is 7.79. The highest BCUT2D eigenvalue weighted by molar-refractivity contribution is 5.27. The van der Waals surface area contributed by atoms with Gasteiger partial charge in [-0.3, -0.25) is 16.0 Å². The van der Waals surface area contributed by atoms with Crippen LogP contribution in [0.4, 0.5) is 0 Å². The first-order chi connectivity index (χ1) is 10.2. The number of hydrogen-bond donors (Lipinski definition) is 2. The molecule has 0 saturated heterocycles. The van der Waals surface area contributed by atoms with Crippen molar-refractivity contribution in [2.24, 2.45) is 5.84 Å². The minimum Gasteiger partial charge on any atom is -0.494 e. The molecule has 0 amide bonds. The van der Waals surface area contributed by atoms with Gasteiger partial charge in [0, 0.05) is 19.2 Å². The van der Waals surface area contributed by atoms with Crippen LogP contribution in [-0.2, 0) is 6.54 Å². The third kappa shape index (κ3) is 4.31. The first kappa shape index (κ1) is 15.5. The van der Waals surface area contributed by atoms with E-state index in [-0.39, 0.29) is 6.04 Å². The molecule has 1 aromatic carbocycles. The van der Waals surface area contributed by atoms with Gasteiger partial charge in [-0.15, -0.1) is 0 Å². The zero-order chi connectivity index (χ0) is 15.1. The Bertz CT molecular complexity index is 553. The number of nitrogens with two attached hydrogens (primary N) is 1. The second-order valence-electron chi connectivity index (χ2n) is 5.15. The van der Waals surface area contributed by atoms with Crippen molar-refractivity contribution in [2.75, 3.05) is 6.61 Å². The molecule has 5 nitrogen and oxygen atoms in total. The minimum atomic E-state index is 0.0452. The second-order valence-corrected chi connectivity index (χ2v) is 5.15. The number of aryl methyl sites for hydroxylation is 2. The van der Waals surface area contributed by atoms with Gasteiger partial charge in [0.25, 0.3) is 0 Å². The van der Waals surface area contributed by atoms with Crippen LogP contribution in [0, 0.1) is 6.92 Å². The lowest BCUT2D eigenvalue weighted by Crippen LogP contribution is -2.31. The molecule has 1 aromatic heterocycles. The van der Waals surface area contributed by atoms with Crippen LogP contribution < -0.4 is 16.0 Å². The molecule has 0 aliphatic carbocycles. The summed E-state index contributed by atoms with van der Waals surface area (Å²) in [4.78, 5) is 0. The molecule has 0 saturated carbocycles. The summed E-state index contributed by atoms with van der Waals surface area (Å²) in [6.45, 7) is 5.70. The third-order valence-corrected chi connectivity index (χ3v) is 3.41. The summed E-state index contributed by atoms with van der Waals surface area (Å²) in [5.41, 5.74) is 5.16. The third-order valence-electron chi connectivity index (χ3n) is 3.41. The molecule has 3 N–H and O–H groups in total. The van der Waals surface area contributed by atoms with Gasteiger partial charge in [-0.05, 0) is 37.1 Å². The van der Waals surface area contributed by atoms with Crippen molar-refractivity contribution in [3.63, 3.8) is 0 Å². The molecule has 5 heteroatoms. The molecule has 0 radical (unpaired) electrons. The summed E-state index contributed by atoms with van der Waals surface area (Å²) in [5.74, 6) is 6.58. The first-order valence-corrected chi connectivity index (χ1v) is 7.42. The lowest BCUT2D eigenvalue weighted by atomic mass is 10.1. The highest BCUT2D eigenvalue weighted by Crippen LogP contribution is 2.18.